The minimum absolute atomic E-state index is 0.104. The lowest BCUT2D eigenvalue weighted by atomic mass is 10.2. The molecule has 1 amide bonds. The molecule has 0 saturated carbocycles. The van der Waals surface area contributed by atoms with Gasteiger partial charge in [0, 0.05) is 6.54 Å². The second kappa shape index (κ2) is 7.85. The van der Waals surface area contributed by atoms with Crippen molar-refractivity contribution in [2.75, 3.05) is 13.7 Å². The van der Waals surface area contributed by atoms with Crippen molar-refractivity contribution >= 4 is 33.4 Å². The summed E-state index contributed by atoms with van der Waals surface area (Å²) in [4.78, 5) is 29.1. The van der Waals surface area contributed by atoms with Crippen LogP contribution in [0.15, 0.2) is 53.5 Å². The van der Waals surface area contributed by atoms with E-state index in [0.717, 1.165) is 10.2 Å². The van der Waals surface area contributed by atoms with Gasteiger partial charge in [-0.2, -0.15) is 4.99 Å². The number of carbonyl (C=O) groups excluding carboxylic acids is 2. The minimum Gasteiger partial charge on any atom is -0.485 e. The van der Waals surface area contributed by atoms with Crippen LogP contribution in [0.25, 0.3) is 10.2 Å². The zero-order valence-electron chi connectivity index (χ0n) is 15.2. The number of ether oxygens (including phenoxy) is 3. The van der Waals surface area contributed by atoms with Gasteiger partial charge in [-0.05, 0) is 24.3 Å². The highest BCUT2D eigenvalue weighted by Gasteiger charge is 2.27. The molecule has 4 rings (SSSR count). The molecular weight excluding hydrogens is 380 g/mol. The van der Waals surface area contributed by atoms with Crippen molar-refractivity contribution in [2.45, 2.75) is 19.1 Å². The van der Waals surface area contributed by atoms with Crippen LogP contribution in [0.2, 0.25) is 0 Å². The Hall–Kier alpha value is -3.13. The average molecular weight is 398 g/mol. The molecule has 0 N–H and O–H groups in total. The molecule has 7 nitrogen and oxygen atoms in total. The largest absolute Gasteiger partial charge is 0.485 e. The summed E-state index contributed by atoms with van der Waals surface area (Å²) in [5, 5.41) is 0. The topological polar surface area (TPSA) is 79.1 Å². The maximum absolute atomic E-state index is 12.7. The summed E-state index contributed by atoms with van der Waals surface area (Å²) in [7, 11) is 1.35. The van der Waals surface area contributed by atoms with Gasteiger partial charge in [-0.3, -0.25) is 9.59 Å². The first-order valence-electron chi connectivity index (χ1n) is 8.78. The smallest absolute Gasteiger partial charge is 0.307 e. The van der Waals surface area contributed by atoms with Crippen molar-refractivity contribution in [2.24, 2.45) is 4.99 Å². The van der Waals surface area contributed by atoms with Crippen molar-refractivity contribution in [3.8, 4) is 11.5 Å². The van der Waals surface area contributed by atoms with Crippen molar-refractivity contribution in [1.29, 1.82) is 0 Å². The standard InChI is InChI=1S/C20H18N2O5S/c1-25-18(23)10-11-22-13-6-2-5-9-17(13)28-20(22)21-19(24)16-12-26-14-7-3-4-8-15(14)27-16/h2-9,16H,10-12H2,1H3/t16-/m0/s1. The monoisotopic (exact) mass is 398 g/mol. The van der Waals surface area contributed by atoms with E-state index in [2.05, 4.69) is 4.99 Å². The van der Waals surface area contributed by atoms with Gasteiger partial charge in [0.2, 0.25) is 6.10 Å². The molecule has 0 bridgehead atoms. The van der Waals surface area contributed by atoms with Gasteiger partial charge < -0.3 is 18.8 Å². The predicted octanol–water partition coefficient (Wildman–Crippen LogP) is 2.53. The fraction of sp³-hybridized carbons (Fsp3) is 0.250. The molecule has 2 aromatic carbocycles. The Morgan fingerprint density at radius 3 is 2.75 bits per heavy atom. The molecule has 1 aromatic heterocycles. The number of aromatic nitrogens is 1. The SMILES string of the molecule is COC(=O)CCn1c(=NC(=O)[C@@H]2COc3ccccc3O2)sc2ccccc21. The first kappa shape index (κ1) is 18.2. The number of methoxy groups -OCH3 is 1. The Kier molecular flexibility index (Phi) is 5.12. The van der Waals surface area contributed by atoms with Crippen LogP contribution in [0.3, 0.4) is 0 Å². The number of fused-ring (bicyclic) bond motifs is 2. The molecule has 1 atom stereocenters. The van der Waals surface area contributed by atoms with Gasteiger partial charge in [0.15, 0.2) is 16.3 Å². The van der Waals surface area contributed by atoms with Crippen LogP contribution in [0, 0.1) is 0 Å². The predicted molar refractivity (Wildman–Crippen MR) is 103 cm³/mol. The van der Waals surface area contributed by atoms with Gasteiger partial charge >= 0.3 is 5.97 Å². The number of hydrogen-bond acceptors (Lipinski definition) is 6. The molecule has 0 saturated heterocycles. The van der Waals surface area contributed by atoms with E-state index in [0.29, 0.717) is 22.8 Å². The summed E-state index contributed by atoms with van der Waals surface area (Å²) in [6.07, 6.45) is -0.621. The van der Waals surface area contributed by atoms with E-state index in [1.54, 1.807) is 12.1 Å². The van der Waals surface area contributed by atoms with E-state index >= 15 is 0 Å². The van der Waals surface area contributed by atoms with Crippen LogP contribution in [0.4, 0.5) is 0 Å². The van der Waals surface area contributed by atoms with Crippen molar-refractivity contribution < 1.29 is 23.8 Å². The van der Waals surface area contributed by atoms with Crippen LogP contribution in [0.5, 0.6) is 11.5 Å². The number of thiazole rings is 1. The van der Waals surface area contributed by atoms with Gasteiger partial charge in [0.1, 0.15) is 6.61 Å². The van der Waals surface area contributed by atoms with Crippen LogP contribution in [-0.4, -0.2) is 36.3 Å². The zero-order chi connectivity index (χ0) is 19.5. The third-order valence-electron chi connectivity index (χ3n) is 4.35. The summed E-state index contributed by atoms with van der Waals surface area (Å²) in [6, 6.07) is 14.9. The lowest BCUT2D eigenvalue weighted by molar-refractivity contribution is -0.140. The number of para-hydroxylation sites is 3. The number of nitrogens with zero attached hydrogens (tertiary/aromatic N) is 2. The second-order valence-electron chi connectivity index (χ2n) is 6.14. The Balaban J connectivity index is 1.65. The molecule has 0 aliphatic carbocycles. The molecule has 3 aromatic rings. The van der Waals surface area contributed by atoms with E-state index in [9.17, 15) is 9.59 Å². The second-order valence-corrected chi connectivity index (χ2v) is 7.15. The molecule has 0 radical (unpaired) electrons. The third kappa shape index (κ3) is 3.63. The highest BCUT2D eigenvalue weighted by atomic mass is 32.1. The van der Waals surface area contributed by atoms with Crippen molar-refractivity contribution in [1.82, 2.24) is 4.57 Å². The summed E-state index contributed by atoms with van der Waals surface area (Å²) in [6.45, 7) is 0.472. The number of esters is 1. The molecule has 1 aliphatic rings. The Morgan fingerprint density at radius 1 is 1.18 bits per heavy atom. The van der Waals surface area contributed by atoms with Crippen molar-refractivity contribution in [3.05, 3.63) is 53.3 Å². The average Bonchev–Trinajstić information content (AvgIpc) is 3.08. The summed E-state index contributed by atoms with van der Waals surface area (Å²) >= 11 is 1.39. The molecule has 2 heterocycles. The lowest BCUT2D eigenvalue weighted by Gasteiger charge is -2.23. The van der Waals surface area contributed by atoms with Crippen LogP contribution in [0.1, 0.15) is 6.42 Å². The minimum atomic E-state index is -0.811. The molecule has 144 valence electrons. The molecular formula is C20H18N2O5S. The molecule has 0 spiro atoms. The van der Waals surface area contributed by atoms with Gasteiger partial charge in [0.05, 0.1) is 23.7 Å². The maximum Gasteiger partial charge on any atom is 0.307 e. The van der Waals surface area contributed by atoms with Crippen LogP contribution < -0.4 is 14.3 Å². The zero-order valence-corrected chi connectivity index (χ0v) is 16.0. The van der Waals surface area contributed by atoms with Crippen LogP contribution >= 0.6 is 11.3 Å². The van der Waals surface area contributed by atoms with Crippen molar-refractivity contribution in [3.63, 3.8) is 0 Å². The fourth-order valence-corrected chi connectivity index (χ4v) is 4.00. The van der Waals surface area contributed by atoms with E-state index in [-0.39, 0.29) is 19.0 Å². The number of aryl methyl sites for hydroxylation is 1. The fourth-order valence-electron chi connectivity index (χ4n) is 2.93. The van der Waals surface area contributed by atoms with Gasteiger partial charge in [-0.15, -0.1) is 0 Å². The highest BCUT2D eigenvalue weighted by molar-refractivity contribution is 7.16. The Morgan fingerprint density at radius 2 is 1.93 bits per heavy atom. The summed E-state index contributed by atoms with van der Waals surface area (Å²) in [5.41, 5.74) is 0.911. The summed E-state index contributed by atoms with van der Waals surface area (Å²) in [5.74, 6) is 0.396. The number of benzene rings is 2. The first-order chi connectivity index (χ1) is 13.7. The van der Waals surface area contributed by atoms with Crippen LogP contribution in [-0.2, 0) is 20.9 Å². The van der Waals surface area contributed by atoms with Gasteiger partial charge in [-0.1, -0.05) is 35.6 Å². The molecule has 28 heavy (non-hydrogen) atoms. The number of amides is 1. The normalized spacial score (nSPS) is 16.2. The molecule has 8 heteroatoms. The molecule has 0 unspecified atom stereocenters. The highest BCUT2D eigenvalue weighted by Crippen LogP contribution is 2.31. The third-order valence-corrected chi connectivity index (χ3v) is 5.40. The maximum atomic E-state index is 12.7. The van der Waals surface area contributed by atoms with E-state index in [1.807, 2.05) is 41.0 Å². The summed E-state index contributed by atoms with van der Waals surface area (Å²) < 4.78 is 18.9. The lowest BCUT2D eigenvalue weighted by Crippen LogP contribution is -2.36. The Labute approximate surface area is 164 Å². The number of hydrogen-bond donors (Lipinski definition) is 0. The van der Waals surface area contributed by atoms with E-state index < -0.39 is 12.0 Å². The number of carbonyl (C=O) groups is 2. The van der Waals surface area contributed by atoms with Gasteiger partial charge in [0.25, 0.3) is 5.91 Å². The molecule has 1 aliphatic heterocycles. The van der Waals surface area contributed by atoms with E-state index in [1.165, 1.54) is 18.4 Å². The molecule has 0 fully saturated rings. The van der Waals surface area contributed by atoms with Gasteiger partial charge in [-0.25, -0.2) is 0 Å². The quantitative estimate of drug-likeness (QED) is 0.631. The number of rotatable bonds is 4. The van der Waals surface area contributed by atoms with E-state index in [4.69, 9.17) is 14.2 Å². The first-order valence-corrected chi connectivity index (χ1v) is 9.59. The Bertz CT molecular complexity index is 1100.